The summed E-state index contributed by atoms with van der Waals surface area (Å²) in [4.78, 5) is 2.39. The Balaban J connectivity index is 1.76. The van der Waals surface area contributed by atoms with Crippen LogP contribution in [-0.4, -0.2) is 43.5 Å². The van der Waals surface area contributed by atoms with Crippen LogP contribution < -0.4 is 10.2 Å². The second kappa shape index (κ2) is 8.34. The number of aromatic nitrogens is 1. The van der Waals surface area contributed by atoms with Crippen molar-refractivity contribution < 1.29 is 9.26 Å². The first-order valence-corrected chi connectivity index (χ1v) is 8.29. The molecule has 1 saturated heterocycles. The highest BCUT2D eigenvalue weighted by atomic mass is 16.5. The van der Waals surface area contributed by atoms with Crippen molar-refractivity contribution in [2.75, 3.05) is 31.1 Å². The van der Waals surface area contributed by atoms with Crippen LogP contribution in [0.2, 0.25) is 0 Å². The van der Waals surface area contributed by atoms with E-state index < -0.39 is 0 Å². The summed E-state index contributed by atoms with van der Waals surface area (Å²) in [5.74, 6) is 0.924. The minimum Gasteiger partial charge on any atom is -0.373 e. The quantitative estimate of drug-likeness (QED) is 0.748. The number of piperidine rings is 1. The van der Waals surface area contributed by atoms with E-state index in [-0.39, 0.29) is 6.10 Å². The van der Waals surface area contributed by atoms with Gasteiger partial charge in [-0.3, -0.25) is 0 Å². The van der Waals surface area contributed by atoms with Crippen LogP contribution in [0.15, 0.2) is 17.2 Å². The van der Waals surface area contributed by atoms with E-state index in [0.29, 0.717) is 12.6 Å². The molecule has 1 aliphatic heterocycles. The molecule has 1 atom stereocenters. The van der Waals surface area contributed by atoms with Crippen molar-refractivity contribution in [1.29, 1.82) is 0 Å². The third-order valence-electron chi connectivity index (χ3n) is 4.35. The predicted octanol–water partition coefficient (Wildman–Crippen LogP) is 2.83. The Hall–Kier alpha value is -1.33. The monoisotopic (exact) mass is 307 g/mol. The van der Waals surface area contributed by atoms with E-state index in [1.807, 2.05) is 19.9 Å². The van der Waals surface area contributed by atoms with Crippen LogP contribution in [0.1, 0.15) is 37.6 Å². The summed E-state index contributed by atoms with van der Waals surface area (Å²) in [5.41, 5.74) is 2.17. The van der Waals surface area contributed by atoms with Crippen molar-refractivity contribution in [2.45, 2.75) is 52.2 Å². The summed E-state index contributed by atoms with van der Waals surface area (Å²) < 4.78 is 11.0. The summed E-state index contributed by atoms with van der Waals surface area (Å²) in [6.45, 7) is 13.5. The summed E-state index contributed by atoms with van der Waals surface area (Å²) in [5, 5.41) is 7.70. The normalized spacial score (nSPS) is 17.7. The molecule has 5 nitrogen and oxygen atoms in total. The Morgan fingerprint density at radius 1 is 1.45 bits per heavy atom. The average molecular weight is 307 g/mol. The van der Waals surface area contributed by atoms with Gasteiger partial charge in [0.1, 0.15) is 11.4 Å². The first-order valence-electron chi connectivity index (χ1n) is 8.29. The van der Waals surface area contributed by atoms with E-state index in [2.05, 4.69) is 28.9 Å². The summed E-state index contributed by atoms with van der Waals surface area (Å²) in [7, 11) is 0. The molecule has 2 heterocycles. The first-order chi connectivity index (χ1) is 10.7. The molecule has 5 heteroatoms. The van der Waals surface area contributed by atoms with Gasteiger partial charge in [-0.15, -0.1) is 6.58 Å². The molecule has 1 N–H and O–H groups in total. The molecular weight excluding hydrogens is 278 g/mol. The maximum absolute atomic E-state index is 5.73. The van der Waals surface area contributed by atoms with Gasteiger partial charge in [0.15, 0.2) is 5.76 Å². The van der Waals surface area contributed by atoms with Gasteiger partial charge in [0.25, 0.3) is 0 Å². The number of nitrogens with one attached hydrogen (secondary N) is 1. The van der Waals surface area contributed by atoms with Gasteiger partial charge in [0.05, 0.1) is 12.7 Å². The summed E-state index contributed by atoms with van der Waals surface area (Å²) in [6.07, 6.45) is 5.39. The highest BCUT2D eigenvalue weighted by Crippen LogP contribution is 2.27. The molecule has 1 unspecified atom stereocenters. The van der Waals surface area contributed by atoms with E-state index in [4.69, 9.17) is 9.26 Å². The van der Waals surface area contributed by atoms with Crippen LogP contribution in [0.3, 0.4) is 0 Å². The van der Waals surface area contributed by atoms with E-state index in [1.54, 1.807) is 0 Å². The minimum absolute atomic E-state index is 0.276. The number of hydrogen-bond donors (Lipinski definition) is 1. The molecule has 0 radical (unpaired) electrons. The Labute approximate surface area is 133 Å². The Bertz CT molecular complexity index is 445. The molecule has 0 aliphatic carbocycles. The zero-order valence-electron chi connectivity index (χ0n) is 14.1. The molecule has 1 aromatic heterocycles. The van der Waals surface area contributed by atoms with Gasteiger partial charge in [-0.1, -0.05) is 18.2 Å². The molecule has 0 amide bonds. The lowest BCUT2D eigenvalue weighted by Crippen LogP contribution is -2.45. The zero-order valence-corrected chi connectivity index (χ0v) is 14.1. The maximum Gasteiger partial charge on any atom is 0.157 e. The fraction of sp³-hybridized carbons (Fsp3) is 0.706. The van der Waals surface area contributed by atoms with Gasteiger partial charge >= 0.3 is 0 Å². The maximum atomic E-state index is 5.73. The summed E-state index contributed by atoms with van der Waals surface area (Å²) in [6, 6.07) is 0.568. The third kappa shape index (κ3) is 4.34. The van der Waals surface area contributed by atoms with E-state index in [1.165, 1.54) is 5.69 Å². The van der Waals surface area contributed by atoms with Crippen molar-refractivity contribution >= 4 is 5.69 Å². The molecule has 0 spiro atoms. The second-order valence-electron chi connectivity index (χ2n) is 5.99. The Kier molecular flexibility index (Phi) is 6.46. The molecule has 0 saturated carbocycles. The highest BCUT2D eigenvalue weighted by Gasteiger charge is 2.24. The molecule has 124 valence electrons. The third-order valence-corrected chi connectivity index (χ3v) is 4.35. The fourth-order valence-corrected chi connectivity index (χ4v) is 3.06. The van der Waals surface area contributed by atoms with Gasteiger partial charge in [-0.2, -0.15) is 0 Å². The van der Waals surface area contributed by atoms with Crippen LogP contribution in [0, 0.1) is 13.8 Å². The molecule has 22 heavy (non-hydrogen) atoms. The van der Waals surface area contributed by atoms with E-state index in [9.17, 15) is 0 Å². The molecule has 2 rings (SSSR count). The van der Waals surface area contributed by atoms with Crippen molar-refractivity contribution in [3.63, 3.8) is 0 Å². The summed E-state index contributed by atoms with van der Waals surface area (Å²) >= 11 is 0. The molecule has 0 bridgehead atoms. The largest absolute Gasteiger partial charge is 0.373 e. The Morgan fingerprint density at radius 3 is 2.73 bits per heavy atom. The smallest absolute Gasteiger partial charge is 0.157 e. The van der Waals surface area contributed by atoms with Gasteiger partial charge in [-0.25, -0.2) is 0 Å². The van der Waals surface area contributed by atoms with Crippen molar-refractivity contribution in [3.8, 4) is 0 Å². The van der Waals surface area contributed by atoms with Crippen molar-refractivity contribution in [2.24, 2.45) is 0 Å². The van der Waals surface area contributed by atoms with Crippen LogP contribution in [0.25, 0.3) is 0 Å². The number of hydrogen-bond acceptors (Lipinski definition) is 5. The number of aryl methyl sites for hydroxylation is 2. The molecule has 1 aromatic rings. The van der Waals surface area contributed by atoms with E-state index in [0.717, 1.165) is 50.4 Å². The number of anilines is 1. The second-order valence-corrected chi connectivity index (χ2v) is 5.99. The lowest BCUT2D eigenvalue weighted by atomic mass is 10.0. The van der Waals surface area contributed by atoms with Gasteiger partial charge in [0.2, 0.25) is 0 Å². The van der Waals surface area contributed by atoms with Gasteiger partial charge in [-0.05, 0) is 33.1 Å². The number of nitrogens with zero attached hydrogens (tertiary/aromatic N) is 2. The topological polar surface area (TPSA) is 50.5 Å². The van der Waals surface area contributed by atoms with Crippen LogP contribution >= 0.6 is 0 Å². The minimum atomic E-state index is 0.276. The molecular formula is C17H29N3O2. The lowest BCUT2D eigenvalue weighted by Gasteiger charge is -2.34. The van der Waals surface area contributed by atoms with Gasteiger partial charge in [0, 0.05) is 25.7 Å². The fourth-order valence-electron chi connectivity index (χ4n) is 3.06. The average Bonchev–Trinajstić information content (AvgIpc) is 2.87. The van der Waals surface area contributed by atoms with Crippen LogP contribution in [-0.2, 0) is 4.74 Å². The van der Waals surface area contributed by atoms with Gasteiger partial charge < -0.3 is 19.5 Å². The SMILES string of the molecule is C=CCOC(CC)CNC1CCN(c2c(C)noc2C)CC1. The van der Waals surface area contributed by atoms with Crippen LogP contribution in [0.4, 0.5) is 5.69 Å². The lowest BCUT2D eigenvalue weighted by molar-refractivity contribution is 0.0683. The molecule has 1 fully saturated rings. The molecule has 1 aliphatic rings. The standard InChI is InChI=1S/C17H29N3O2/c1-5-11-21-16(6-2)12-18-15-7-9-20(10-8-15)17-13(3)19-22-14(17)4/h5,15-16,18H,1,6-12H2,2-4H3. The van der Waals surface area contributed by atoms with E-state index >= 15 is 0 Å². The van der Waals surface area contributed by atoms with Crippen molar-refractivity contribution in [3.05, 3.63) is 24.1 Å². The predicted molar refractivity (Wildman–Crippen MR) is 89.4 cm³/mol. The zero-order chi connectivity index (χ0) is 15.9. The highest BCUT2D eigenvalue weighted by molar-refractivity contribution is 5.53. The van der Waals surface area contributed by atoms with Crippen molar-refractivity contribution in [1.82, 2.24) is 10.5 Å². The van der Waals surface area contributed by atoms with Crippen LogP contribution in [0.5, 0.6) is 0 Å². The first kappa shape index (κ1) is 17.0. The number of rotatable bonds is 8. The Morgan fingerprint density at radius 2 is 2.18 bits per heavy atom. The number of ether oxygens (including phenoxy) is 1. The molecule has 0 aromatic carbocycles.